The maximum atomic E-state index is 13.2. The summed E-state index contributed by atoms with van der Waals surface area (Å²) in [4.78, 5) is 6.09. The first-order valence-corrected chi connectivity index (χ1v) is 7.91. The van der Waals surface area contributed by atoms with Crippen molar-refractivity contribution < 1.29 is 9.23 Å². The van der Waals surface area contributed by atoms with Gasteiger partial charge in [-0.15, -0.1) is 0 Å². The summed E-state index contributed by atoms with van der Waals surface area (Å²) in [6.07, 6.45) is 2.20. The lowest BCUT2D eigenvalue weighted by Gasteiger charge is -2.46. The molecule has 1 saturated heterocycles. The van der Waals surface area contributed by atoms with Crippen LogP contribution in [0.2, 0.25) is 0 Å². The minimum absolute atomic E-state index is 0.0973. The first-order valence-electron chi connectivity index (χ1n) is 7.91. The second-order valence-electron chi connectivity index (χ2n) is 7.79. The van der Waals surface area contributed by atoms with Gasteiger partial charge in [0.1, 0.15) is 5.82 Å². The molecule has 1 aliphatic heterocycles. The Morgan fingerprint density at radius 3 is 2.38 bits per heavy atom. The van der Waals surface area contributed by atoms with Gasteiger partial charge in [0.25, 0.3) is 0 Å². The lowest BCUT2D eigenvalue weighted by atomic mass is 9.59. The summed E-state index contributed by atoms with van der Waals surface area (Å²) in [6.45, 7) is 9.02. The van der Waals surface area contributed by atoms with Crippen LogP contribution in [0.3, 0.4) is 0 Å². The van der Waals surface area contributed by atoms with Crippen LogP contribution in [0.1, 0.15) is 46.1 Å². The fourth-order valence-corrected chi connectivity index (χ4v) is 4.77. The molecule has 0 bridgehead atoms. The Kier molecular flexibility index (Phi) is 3.42. The number of nitrogens with zero attached hydrogens (tertiary/aromatic N) is 1. The van der Waals surface area contributed by atoms with E-state index in [1.165, 1.54) is 5.56 Å². The molecule has 1 saturated carbocycles. The average molecular weight is 291 g/mol. The Hall–Kier alpha value is -0.930. The van der Waals surface area contributed by atoms with Crippen LogP contribution in [-0.4, -0.2) is 23.8 Å². The number of rotatable bonds is 1. The molecule has 3 rings (SSSR count). The van der Waals surface area contributed by atoms with E-state index in [4.69, 9.17) is 4.84 Å². The van der Waals surface area contributed by atoms with E-state index >= 15 is 0 Å². The van der Waals surface area contributed by atoms with Gasteiger partial charge in [0.05, 0.1) is 5.60 Å². The van der Waals surface area contributed by atoms with E-state index in [2.05, 4.69) is 39.8 Å². The number of hydrogen-bond donors (Lipinski definition) is 0. The number of fused-ring (bicyclic) bond motifs is 1. The summed E-state index contributed by atoms with van der Waals surface area (Å²) in [6, 6.07) is 7.55. The van der Waals surface area contributed by atoms with Crippen molar-refractivity contribution in [3.63, 3.8) is 0 Å². The van der Waals surface area contributed by atoms with Crippen LogP contribution >= 0.6 is 0 Å². The molecule has 0 spiro atoms. The highest BCUT2D eigenvalue weighted by molar-refractivity contribution is 5.27. The monoisotopic (exact) mass is 291 g/mol. The van der Waals surface area contributed by atoms with Gasteiger partial charge in [0.15, 0.2) is 0 Å². The van der Waals surface area contributed by atoms with Gasteiger partial charge in [-0.2, -0.15) is 5.06 Å². The van der Waals surface area contributed by atoms with Crippen LogP contribution in [0.4, 0.5) is 4.39 Å². The lowest BCUT2D eigenvalue weighted by Crippen LogP contribution is -2.48. The van der Waals surface area contributed by atoms with E-state index in [-0.39, 0.29) is 16.8 Å². The van der Waals surface area contributed by atoms with Crippen molar-refractivity contribution in [2.24, 2.45) is 11.8 Å². The molecule has 1 aromatic carbocycles. The predicted molar refractivity (Wildman–Crippen MR) is 82.4 cm³/mol. The van der Waals surface area contributed by atoms with Crippen LogP contribution in [0, 0.1) is 17.7 Å². The maximum absolute atomic E-state index is 13.2. The molecular formula is C18H26FNO. The summed E-state index contributed by atoms with van der Waals surface area (Å²) >= 11 is 0. The van der Waals surface area contributed by atoms with Gasteiger partial charge in [-0.1, -0.05) is 26.0 Å². The van der Waals surface area contributed by atoms with E-state index in [0.717, 1.165) is 12.8 Å². The van der Waals surface area contributed by atoms with E-state index < -0.39 is 0 Å². The van der Waals surface area contributed by atoms with Crippen molar-refractivity contribution in [1.29, 1.82) is 0 Å². The van der Waals surface area contributed by atoms with Gasteiger partial charge >= 0.3 is 0 Å². The smallest absolute Gasteiger partial charge is 0.123 e. The molecule has 2 fully saturated rings. The third kappa shape index (κ3) is 2.40. The zero-order chi connectivity index (χ0) is 15.4. The summed E-state index contributed by atoms with van der Waals surface area (Å²) in [5, 5.41) is 2.07. The third-order valence-corrected chi connectivity index (χ3v) is 5.67. The molecule has 1 aromatic rings. The summed E-state index contributed by atoms with van der Waals surface area (Å²) in [5.41, 5.74) is 1.22. The molecule has 21 heavy (non-hydrogen) atoms. The fraction of sp³-hybridized carbons (Fsp3) is 0.667. The summed E-state index contributed by atoms with van der Waals surface area (Å²) in [7, 11) is 2.06. The van der Waals surface area contributed by atoms with Crippen molar-refractivity contribution in [2.45, 2.75) is 57.6 Å². The molecule has 1 unspecified atom stereocenters. The number of benzene rings is 1. The predicted octanol–water partition coefficient (Wildman–Crippen LogP) is 4.15. The standard InChI is InChI=1S/C18H26FNO/c1-12-10-18(4,13-6-8-14(19)9-7-13)11-15-16(12)20(5)21-17(15,2)3/h6-9,12,15-16H,10-11H2,1-5H3/t12?,15-,16-,18+/m0/s1. The van der Waals surface area contributed by atoms with E-state index in [1.54, 1.807) is 12.1 Å². The minimum atomic E-state index is -0.159. The van der Waals surface area contributed by atoms with Gasteiger partial charge in [0.2, 0.25) is 0 Å². The van der Waals surface area contributed by atoms with Gasteiger partial charge < -0.3 is 0 Å². The highest BCUT2D eigenvalue weighted by Gasteiger charge is 2.55. The Bertz CT molecular complexity index is 527. The number of halogens is 1. The highest BCUT2D eigenvalue weighted by atomic mass is 19.1. The van der Waals surface area contributed by atoms with Crippen LogP contribution < -0.4 is 0 Å². The molecule has 0 aromatic heterocycles. The molecule has 2 nitrogen and oxygen atoms in total. The van der Waals surface area contributed by atoms with E-state index in [0.29, 0.717) is 17.9 Å². The quantitative estimate of drug-likeness (QED) is 0.770. The molecule has 0 amide bonds. The molecule has 116 valence electrons. The molecule has 1 heterocycles. The van der Waals surface area contributed by atoms with Crippen molar-refractivity contribution >= 4 is 0 Å². The van der Waals surface area contributed by atoms with Crippen LogP contribution in [0.5, 0.6) is 0 Å². The molecule has 3 heteroatoms. The molecule has 0 N–H and O–H groups in total. The summed E-state index contributed by atoms with van der Waals surface area (Å²) < 4.78 is 13.2. The molecule has 4 atom stereocenters. The molecule has 1 aliphatic carbocycles. The van der Waals surface area contributed by atoms with E-state index in [1.807, 2.05) is 12.1 Å². The zero-order valence-electron chi connectivity index (χ0n) is 13.7. The SMILES string of the molecule is CC1C[C@@](C)(c2ccc(F)cc2)C[C@H]2[C@H]1N(C)OC2(C)C. The van der Waals surface area contributed by atoms with Crippen LogP contribution in [0.25, 0.3) is 0 Å². The fourth-order valence-electron chi connectivity index (χ4n) is 4.77. The van der Waals surface area contributed by atoms with Crippen molar-refractivity contribution in [2.75, 3.05) is 7.05 Å². The Morgan fingerprint density at radius 2 is 1.76 bits per heavy atom. The lowest BCUT2D eigenvalue weighted by molar-refractivity contribution is -0.182. The highest BCUT2D eigenvalue weighted by Crippen LogP contribution is 2.52. The van der Waals surface area contributed by atoms with Crippen LogP contribution in [-0.2, 0) is 10.3 Å². The zero-order valence-corrected chi connectivity index (χ0v) is 13.7. The van der Waals surface area contributed by atoms with Crippen LogP contribution in [0.15, 0.2) is 24.3 Å². The third-order valence-electron chi connectivity index (χ3n) is 5.67. The molecule has 2 aliphatic rings. The Balaban J connectivity index is 1.94. The largest absolute Gasteiger partial charge is 0.293 e. The second kappa shape index (κ2) is 4.79. The Morgan fingerprint density at radius 1 is 1.14 bits per heavy atom. The van der Waals surface area contributed by atoms with Crippen molar-refractivity contribution in [1.82, 2.24) is 5.06 Å². The maximum Gasteiger partial charge on any atom is 0.123 e. The van der Waals surface area contributed by atoms with E-state index in [9.17, 15) is 4.39 Å². The topological polar surface area (TPSA) is 12.5 Å². The Labute approximate surface area is 127 Å². The van der Waals surface area contributed by atoms with Gasteiger partial charge in [-0.05, 0) is 55.7 Å². The van der Waals surface area contributed by atoms with Gasteiger partial charge in [-0.25, -0.2) is 4.39 Å². The van der Waals surface area contributed by atoms with Crippen molar-refractivity contribution in [3.05, 3.63) is 35.6 Å². The minimum Gasteiger partial charge on any atom is -0.293 e. The average Bonchev–Trinajstić information content (AvgIpc) is 2.59. The van der Waals surface area contributed by atoms with Crippen molar-refractivity contribution in [3.8, 4) is 0 Å². The second-order valence-corrected chi connectivity index (χ2v) is 7.79. The first-order chi connectivity index (χ1) is 9.73. The normalized spacial score (nSPS) is 39.2. The number of hydroxylamine groups is 2. The summed E-state index contributed by atoms with van der Waals surface area (Å²) in [5.74, 6) is 0.903. The number of hydrogen-bond acceptors (Lipinski definition) is 2. The molecular weight excluding hydrogens is 265 g/mol. The van der Waals surface area contributed by atoms with Gasteiger partial charge in [-0.3, -0.25) is 4.84 Å². The first kappa shape index (κ1) is 15.0. The molecule has 0 radical (unpaired) electrons. The van der Waals surface area contributed by atoms with Gasteiger partial charge in [0, 0.05) is 19.0 Å².